The Labute approximate surface area is 102 Å². The van der Waals surface area contributed by atoms with Gasteiger partial charge in [0.05, 0.1) is 0 Å². The van der Waals surface area contributed by atoms with Crippen LogP contribution in [-0.4, -0.2) is 24.5 Å². The van der Waals surface area contributed by atoms with Crippen LogP contribution in [0.25, 0.3) is 0 Å². The van der Waals surface area contributed by atoms with E-state index in [2.05, 4.69) is 11.9 Å². The average Bonchev–Trinajstić information content (AvgIpc) is 2.80. The molecule has 1 heterocycles. The molecule has 0 bridgehead atoms. The highest BCUT2D eigenvalue weighted by atomic mass is 15.1. The van der Waals surface area contributed by atoms with Crippen molar-refractivity contribution >= 4 is 0 Å². The molecule has 0 radical (unpaired) electrons. The van der Waals surface area contributed by atoms with E-state index in [1.807, 2.05) is 0 Å². The van der Waals surface area contributed by atoms with Crippen LogP contribution >= 0.6 is 0 Å². The van der Waals surface area contributed by atoms with E-state index in [4.69, 9.17) is 0 Å². The minimum absolute atomic E-state index is 0.917. The van der Waals surface area contributed by atoms with Crippen molar-refractivity contribution in [1.29, 1.82) is 0 Å². The van der Waals surface area contributed by atoms with Crippen molar-refractivity contribution in [2.75, 3.05) is 13.6 Å². The van der Waals surface area contributed by atoms with Crippen molar-refractivity contribution in [3.63, 3.8) is 0 Å². The molecule has 0 aromatic rings. The number of hydrogen-bond donors (Lipinski definition) is 0. The summed E-state index contributed by atoms with van der Waals surface area (Å²) >= 11 is 0. The predicted octanol–water partition coefficient (Wildman–Crippen LogP) is 4.22. The van der Waals surface area contributed by atoms with E-state index in [1.165, 1.54) is 77.2 Å². The number of hydrogen-bond acceptors (Lipinski definition) is 1. The van der Waals surface area contributed by atoms with E-state index in [-0.39, 0.29) is 0 Å². The van der Waals surface area contributed by atoms with Crippen LogP contribution in [-0.2, 0) is 0 Å². The van der Waals surface area contributed by atoms with Crippen LogP contribution in [0.3, 0.4) is 0 Å². The third-order valence-electron chi connectivity index (χ3n) is 4.77. The first kappa shape index (κ1) is 12.4. The van der Waals surface area contributed by atoms with Crippen LogP contribution in [0.5, 0.6) is 0 Å². The lowest BCUT2D eigenvalue weighted by Crippen LogP contribution is -2.38. The Hall–Kier alpha value is -0.0400. The Bertz CT molecular complexity index is 184. The average molecular weight is 223 g/mol. The van der Waals surface area contributed by atoms with Crippen LogP contribution in [0.4, 0.5) is 0 Å². The molecule has 0 N–H and O–H groups in total. The monoisotopic (exact) mass is 223 g/mol. The van der Waals surface area contributed by atoms with Gasteiger partial charge in [-0.2, -0.15) is 0 Å². The molecule has 1 atom stereocenters. The van der Waals surface area contributed by atoms with Crippen LogP contribution in [0, 0.1) is 5.92 Å². The quantitative estimate of drug-likeness (QED) is 0.643. The molecular weight excluding hydrogens is 194 g/mol. The minimum atomic E-state index is 0.917. The van der Waals surface area contributed by atoms with Gasteiger partial charge in [0.25, 0.3) is 0 Å². The Morgan fingerprint density at radius 1 is 0.688 bits per heavy atom. The van der Waals surface area contributed by atoms with E-state index < -0.39 is 0 Å². The molecule has 0 aromatic heterocycles. The van der Waals surface area contributed by atoms with E-state index in [1.54, 1.807) is 0 Å². The molecule has 0 aromatic carbocycles. The second-order valence-corrected chi connectivity index (χ2v) is 6.00. The first-order chi connectivity index (χ1) is 7.88. The van der Waals surface area contributed by atoms with Gasteiger partial charge in [-0.3, -0.25) is 0 Å². The van der Waals surface area contributed by atoms with Crippen LogP contribution in [0.1, 0.15) is 70.6 Å². The van der Waals surface area contributed by atoms with Crippen molar-refractivity contribution < 1.29 is 0 Å². The largest absolute Gasteiger partial charge is 0.303 e. The molecule has 16 heavy (non-hydrogen) atoms. The van der Waals surface area contributed by atoms with E-state index in [0.717, 1.165) is 12.0 Å². The van der Waals surface area contributed by atoms with Gasteiger partial charge in [-0.1, -0.05) is 44.9 Å². The lowest BCUT2D eigenvalue weighted by atomic mass is 9.91. The van der Waals surface area contributed by atoms with Crippen LogP contribution in [0.15, 0.2) is 0 Å². The van der Waals surface area contributed by atoms with Crippen molar-refractivity contribution in [2.45, 2.75) is 76.7 Å². The molecule has 1 unspecified atom stereocenters. The normalized spacial score (nSPS) is 31.7. The van der Waals surface area contributed by atoms with Gasteiger partial charge in [0.2, 0.25) is 0 Å². The second-order valence-electron chi connectivity index (χ2n) is 6.00. The molecule has 1 aliphatic heterocycles. The Balaban J connectivity index is 1.88. The van der Waals surface area contributed by atoms with Gasteiger partial charge in [-0.25, -0.2) is 0 Å². The maximum Gasteiger partial charge on any atom is 0.0120 e. The zero-order valence-electron chi connectivity index (χ0n) is 11.1. The van der Waals surface area contributed by atoms with Gasteiger partial charge in [0, 0.05) is 6.04 Å². The first-order valence-corrected chi connectivity index (χ1v) is 7.58. The van der Waals surface area contributed by atoms with Gasteiger partial charge in [-0.05, 0) is 45.2 Å². The molecular formula is C15H29N. The van der Waals surface area contributed by atoms with Gasteiger partial charge in [0.1, 0.15) is 0 Å². The fraction of sp³-hybridized carbons (Fsp3) is 1.00. The van der Waals surface area contributed by atoms with E-state index in [0.29, 0.717) is 0 Å². The molecule has 94 valence electrons. The molecule has 2 fully saturated rings. The zero-order valence-corrected chi connectivity index (χ0v) is 11.1. The first-order valence-electron chi connectivity index (χ1n) is 7.58. The van der Waals surface area contributed by atoms with E-state index >= 15 is 0 Å². The highest BCUT2D eigenvalue weighted by Gasteiger charge is 2.27. The summed E-state index contributed by atoms with van der Waals surface area (Å²) in [7, 11) is 2.38. The summed E-state index contributed by atoms with van der Waals surface area (Å²) in [5, 5.41) is 0. The third kappa shape index (κ3) is 3.48. The van der Waals surface area contributed by atoms with Crippen LogP contribution in [0.2, 0.25) is 0 Å². The van der Waals surface area contributed by atoms with Gasteiger partial charge >= 0.3 is 0 Å². The maximum atomic E-state index is 2.70. The topological polar surface area (TPSA) is 3.24 Å². The summed E-state index contributed by atoms with van der Waals surface area (Å²) in [6.45, 7) is 1.35. The van der Waals surface area contributed by atoms with Crippen molar-refractivity contribution in [3.8, 4) is 0 Å². The third-order valence-corrected chi connectivity index (χ3v) is 4.77. The molecule has 1 saturated carbocycles. The fourth-order valence-electron chi connectivity index (χ4n) is 3.75. The molecule has 2 aliphatic rings. The summed E-state index contributed by atoms with van der Waals surface area (Å²) in [5.74, 6) is 1.03. The lowest BCUT2D eigenvalue weighted by Gasteiger charge is -2.33. The Morgan fingerprint density at radius 2 is 1.25 bits per heavy atom. The molecule has 1 nitrogen and oxygen atoms in total. The minimum Gasteiger partial charge on any atom is -0.303 e. The molecule has 1 aliphatic carbocycles. The molecule has 2 rings (SSSR count). The van der Waals surface area contributed by atoms with E-state index in [9.17, 15) is 0 Å². The smallest absolute Gasteiger partial charge is 0.0120 e. The summed E-state index contributed by atoms with van der Waals surface area (Å²) < 4.78 is 0. The molecule has 1 heteroatoms. The molecule has 0 spiro atoms. The highest BCUT2D eigenvalue weighted by Crippen LogP contribution is 2.33. The molecule has 1 saturated heterocycles. The van der Waals surface area contributed by atoms with Gasteiger partial charge in [0.15, 0.2) is 0 Å². The highest BCUT2D eigenvalue weighted by molar-refractivity contribution is 4.82. The fourth-order valence-corrected chi connectivity index (χ4v) is 3.75. The Morgan fingerprint density at radius 3 is 2.00 bits per heavy atom. The number of rotatable bonds is 1. The van der Waals surface area contributed by atoms with Crippen LogP contribution < -0.4 is 0 Å². The SMILES string of the molecule is CN1CCCCCCCCC1C1CCCC1. The summed E-state index contributed by atoms with van der Waals surface area (Å²) in [4.78, 5) is 2.70. The second kappa shape index (κ2) is 6.64. The predicted molar refractivity (Wildman–Crippen MR) is 70.7 cm³/mol. The zero-order chi connectivity index (χ0) is 11.2. The van der Waals surface area contributed by atoms with Crippen molar-refractivity contribution in [2.24, 2.45) is 5.92 Å². The standard InChI is InChI=1S/C15H29N/c1-16-13-9-5-3-2-4-6-12-15(16)14-10-7-8-11-14/h14-15H,2-13H2,1H3. The maximum absolute atomic E-state index is 2.70. The number of nitrogens with zero attached hydrogens (tertiary/aromatic N) is 1. The van der Waals surface area contributed by atoms with Crippen molar-refractivity contribution in [1.82, 2.24) is 4.90 Å². The molecule has 0 amide bonds. The lowest BCUT2D eigenvalue weighted by molar-refractivity contribution is 0.156. The van der Waals surface area contributed by atoms with Crippen molar-refractivity contribution in [3.05, 3.63) is 0 Å². The summed E-state index contributed by atoms with van der Waals surface area (Å²) in [6.07, 6.45) is 16.3. The summed E-state index contributed by atoms with van der Waals surface area (Å²) in [5.41, 5.74) is 0. The van der Waals surface area contributed by atoms with Gasteiger partial charge in [-0.15, -0.1) is 0 Å². The summed E-state index contributed by atoms with van der Waals surface area (Å²) in [6, 6.07) is 0.917. The Kier molecular flexibility index (Phi) is 5.15. The van der Waals surface area contributed by atoms with Gasteiger partial charge < -0.3 is 4.90 Å².